The van der Waals surface area contributed by atoms with Crippen LogP contribution in [0.1, 0.15) is 0 Å². The van der Waals surface area contributed by atoms with E-state index in [0.29, 0.717) is 0 Å². The molecular formula is HI2PS. The van der Waals surface area contributed by atoms with Crippen LogP contribution in [0.3, 0.4) is 0 Å². The molecule has 0 spiro atoms. The second-order valence-electron chi connectivity index (χ2n) is 0.215. The van der Waals surface area contributed by atoms with E-state index in [1.807, 2.05) is 0 Å². The van der Waals surface area contributed by atoms with Gasteiger partial charge in [-0.25, -0.2) is 0 Å². The molecule has 0 saturated heterocycles. The summed E-state index contributed by atoms with van der Waals surface area (Å²) < 4.78 is 0.0141. The Morgan fingerprint density at radius 2 is 1.50 bits per heavy atom. The molecule has 0 amide bonds. The zero-order chi connectivity index (χ0) is 3.58. The Morgan fingerprint density at radius 3 is 1.50 bits per heavy atom. The van der Waals surface area contributed by atoms with E-state index in [0.717, 1.165) is 0 Å². The van der Waals surface area contributed by atoms with Gasteiger partial charge in [-0.1, -0.05) is 0 Å². The summed E-state index contributed by atoms with van der Waals surface area (Å²) in [4.78, 5) is 0. The van der Waals surface area contributed by atoms with Crippen molar-refractivity contribution >= 4 is 58.7 Å². The molecule has 0 aromatic heterocycles. The molecule has 0 N–H and O–H groups in total. The molecule has 0 aliphatic carbocycles. The summed E-state index contributed by atoms with van der Waals surface area (Å²) in [6.45, 7) is 0. The summed E-state index contributed by atoms with van der Waals surface area (Å²) in [5.41, 5.74) is 0. The summed E-state index contributed by atoms with van der Waals surface area (Å²) >= 11 is 8.52. The quantitative estimate of drug-likeness (QED) is 0.396. The first-order valence-corrected chi connectivity index (χ1v) is 8.60. The fourth-order valence-corrected chi connectivity index (χ4v) is 0. The Labute approximate surface area is 58.0 Å². The van der Waals surface area contributed by atoms with E-state index in [1.54, 1.807) is 0 Å². The lowest BCUT2D eigenvalue weighted by Gasteiger charge is -1.72. The summed E-state index contributed by atoms with van der Waals surface area (Å²) in [6.07, 6.45) is 0. The third-order valence-electron chi connectivity index (χ3n) is 0. The molecule has 26 valence electrons. The molecule has 0 aromatic carbocycles. The minimum atomic E-state index is 0.0141. The molecule has 0 aromatic rings. The van der Waals surface area contributed by atoms with Crippen LogP contribution in [0.4, 0.5) is 0 Å². The standard InChI is InChI=1S/HI2PS/c1-3(2)4/h4H. The third-order valence-corrected chi connectivity index (χ3v) is 0. The van der Waals surface area contributed by atoms with Crippen LogP contribution in [0, 0.1) is 0 Å². The molecular weight excluding hydrogens is 317 g/mol. The molecule has 0 aliphatic heterocycles. The molecule has 0 nitrogen and oxygen atoms in total. The van der Waals surface area contributed by atoms with Gasteiger partial charge in [0.2, 0.25) is 0 Å². The maximum absolute atomic E-state index is 4.00. The molecule has 0 heterocycles. The fourth-order valence-electron chi connectivity index (χ4n) is 0. The van der Waals surface area contributed by atoms with E-state index in [1.165, 1.54) is 0 Å². The number of hydrogen-bond acceptors (Lipinski definition) is 1. The van der Waals surface area contributed by atoms with Crippen LogP contribution >= 0.6 is 58.7 Å². The SMILES string of the molecule is SP(I)I. The molecule has 0 fully saturated rings. The van der Waals surface area contributed by atoms with Gasteiger partial charge in [0.15, 0.2) is 0 Å². The van der Waals surface area contributed by atoms with Gasteiger partial charge in [-0.05, 0) is 44.1 Å². The van der Waals surface area contributed by atoms with Crippen molar-refractivity contribution in [2.45, 2.75) is 0 Å². The summed E-state index contributed by atoms with van der Waals surface area (Å²) in [6, 6.07) is 0. The van der Waals surface area contributed by atoms with Gasteiger partial charge in [-0.3, -0.25) is 0 Å². The van der Waals surface area contributed by atoms with E-state index in [4.69, 9.17) is 0 Å². The smallest absolute Gasteiger partial charge is 0.0801 e. The van der Waals surface area contributed by atoms with E-state index >= 15 is 0 Å². The van der Waals surface area contributed by atoms with Gasteiger partial charge in [0, 0.05) is 0 Å². The van der Waals surface area contributed by atoms with Crippen LogP contribution in [0.2, 0.25) is 0 Å². The normalized spacial score (nSPS) is 9.00. The highest BCUT2D eigenvalue weighted by molar-refractivity contribution is 14.3. The highest BCUT2D eigenvalue weighted by atomic mass is 127. The van der Waals surface area contributed by atoms with Gasteiger partial charge < -0.3 is 0 Å². The first-order valence-electron chi connectivity index (χ1n) is 0.538. The number of halogens is 2. The van der Waals surface area contributed by atoms with E-state index in [9.17, 15) is 0 Å². The zero-order valence-corrected chi connectivity index (χ0v) is 7.75. The minimum Gasteiger partial charge on any atom is -0.130 e. The molecule has 0 rings (SSSR count). The third kappa shape index (κ3) is 8.87. The van der Waals surface area contributed by atoms with Crippen LogP contribution in [0.5, 0.6) is 0 Å². The topological polar surface area (TPSA) is 0 Å². The molecule has 4 heavy (non-hydrogen) atoms. The van der Waals surface area contributed by atoms with Crippen LogP contribution < -0.4 is 0 Å². The van der Waals surface area contributed by atoms with Gasteiger partial charge in [0.05, 0.1) is 2.41 Å². The Bertz CT molecular complexity index is 10.8. The second kappa shape index (κ2) is 3.43. The van der Waals surface area contributed by atoms with Gasteiger partial charge in [0.1, 0.15) is 0 Å². The maximum atomic E-state index is 4.00. The van der Waals surface area contributed by atoms with E-state index in [2.05, 4.69) is 56.3 Å². The van der Waals surface area contributed by atoms with Crippen LogP contribution in [-0.4, -0.2) is 0 Å². The Morgan fingerprint density at radius 1 is 1.50 bits per heavy atom. The van der Waals surface area contributed by atoms with E-state index < -0.39 is 0 Å². The zero-order valence-electron chi connectivity index (χ0n) is 1.65. The van der Waals surface area contributed by atoms with Crippen molar-refractivity contribution in [3.05, 3.63) is 0 Å². The van der Waals surface area contributed by atoms with Crippen molar-refractivity contribution in [1.29, 1.82) is 0 Å². The Hall–Kier alpha value is 2.24. The van der Waals surface area contributed by atoms with Crippen molar-refractivity contribution in [3.63, 3.8) is 0 Å². The number of rotatable bonds is 0. The highest BCUT2D eigenvalue weighted by Gasteiger charge is 1.74. The maximum Gasteiger partial charge on any atom is 0.0801 e. The van der Waals surface area contributed by atoms with Crippen LogP contribution in [0.15, 0.2) is 0 Å². The fraction of sp³-hybridized carbons (Fsp3) is 0. The molecule has 0 unspecified atom stereocenters. The lowest BCUT2D eigenvalue weighted by molar-refractivity contribution is 6.03. The second-order valence-corrected chi connectivity index (χ2v) is 17.8. The molecule has 0 aliphatic rings. The van der Waals surface area contributed by atoms with Crippen molar-refractivity contribution < 1.29 is 0 Å². The van der Waals surface area contributed by atoms with Crippen LogP contribution in [0.25, 0.3) is 0 Å². The van der Waals surface area contributed by atoms with Gasteiger partial charge in [0.25, 0.3) is 0 Å². The predicted octanol–water partition coefficient (Wildman–Crippen LogP) is 3.01. The average Bonchev–Trinajstić information content (AvgIpc) is 0.811. The van der Waals surface area contributed by atoms with Crippen molar-refractivity contribution in [1.82, 2.24) is 0 Å². The molecule has 0 atom stereocenters. The minimum absolute atomic E-state index is 0.0141. The number of hydrogen-bond donors (Lipinski definition) is 1. The lowest BCUT2D eigenvalue weighted by atomic mass is 30.4. The van der Waals surface area contributed by atoms with Gasteiger partial charge in [-0.2, -0.15) is 0 Å². The highest BCUT2D eigenvalue weighted by Crippen LogP contribution is 2.57. The van der Waals surface area contributed by atoms with Crippen molar-refractivity contribution in [2.75, 3.05) is 0 Å². The van der Waals surface area contributed by atoms with Crippen molar-refractivity contribution in [3.8, 4) is 0 Å². The Balaban J connectivity index is 2.32. The first kappa shape index (κ1) is 6.24. The first-order chi connectivity index (χ1) is 1.73. The summed E-state index contributed by atoms with van der Waals surface area (Å²) in [7, 11) is 0. The summed E-state index contributed by atoms with van der Waals surface area (Å²) in [5.74, 6) is 0. The monoisotopic (exact) mass is 318 g/mol. The molecule has 4 heteroatoms. The number of thiol groups is 1. The van der Waals surface area contributed by atoms with E-state index in [-0.39, 0.29) is 2.41 Å². The molecule has 0 saturated carbocycles. The summed E-state index contributed by atoms with van der Waals surface area (Å²) in [5, 5.41) is 0. The molecule has 0 bridgehead atoms. The van der Waals surface area contributed by atoms with Crippen molar-refractivity contribution in [2.24, 2.45) is 0 Å². The largest absolute Gasteiger partial charge is 0.130 e. The lowest BCUT2D eigenvalue weighted by Crippen LogP contribution is -0.901. The van der Waals surface area contributed by atoms with Gasteiger partial charge >= 0.3 is 0 Å². The molecule has 0 radical (unpaired) electrons. The Kier molecular flexibility index (Phi) is 5.35. The average molecular weight is 318 g/mol. The van der Waals surface area contributed by atoms with Gasteiger partial charge in [-0.15, -0.1) is 12.2 Å². The van der Waals surface area contributed by atoms with Crippen LogP contribution in [-0.2, 0) is 0 Å². The predicted molar refractivity (Wildman–Crippen MR) is 43.9 cm³/mol.